The molecule has 1 aromatic rings. The number of likely N-dealkylation sites (tertiary alicyclic amines) is 1. The molecule has 0 radical (unpaired) electrons. The summed E-state index contributed by atoms with van der Waals surface area (Å²) in [6.45, 7) is 11.4. The summed E-state index contributed by atoms with van der Waals surface area (Å²) in [5.74, 6) is -0.189. The topological polar surface area (TPSA) is 32.3 Å². The maximum atomic E-state index is 14.4. The summed E-state index contributed by atoms with van der Waals surface area (Å²) in [6.07, 6.45) is 1.02. The third-order valence-electron chi connectivity index (χ3n) is 4.74. The molecule has 0 saturated carbocycles. The van der Waals surface area contributed by atoms with Crippen LogP contribution in [0.25, 0.3) is 0 Å². The van der Waals surface area contributed by atoms with E-state index in [-0.39, 0.29) is 17.2 Å². The van der Waals surface area contributed by atoms with Gasteiger partial charge in [-0.2, -0.15) is 0 Å². The summed E-state index contributed by atoms with van der Waals surface area (Å²) in [7, 11) is 0. The van der Waals surface area contributed by atoms with Crippen LogP contribution in [0.4, 0.5) is 4.39 Å². The number of rotatable bonds is 5. The first-order chi connectivity index (χ1) is 11.2. The van der Waals surface area contributed by atoms with E-state index in [1.807, 2.05) is 25.1 Å². The van der Waals surface area contributed by atoms with Crippen molar-refractivity contribution in [3.8, 4) is 0 Å². The van der Waals surface area contributed by atoms with Crippen molar-refractivity contribution in [2.24, 2.45) is 11.3 Å². The second kappa shape index (κ2) is 8.11. The van der Waals surface area contributed by atoms with Crippen molar-refractivity contribution < 1.29 is 9.18 Å². The second-order valence-corrected chi connectivity index (χ2v) is 8.26. The normalized spacial score (nSPS) is 22.4. The summed E-state index contributed by atoms with van der Waals surface area (Å²) in [6, 6.07) is 7.49. The fourth-order valence-corrected chi connectivity index (χ4v) is 3.05. The second-order valence-electron chi connectivity index (χ2n) is 8.26. The number of nitrogens with one attached hydrogen (secondary N) is 1. The van der Waals surface area contributed by atoms with Gasteiger partial charge in [0.15, 0.2) is 0 Å². The van der Waals surface area contributed by atoms with Crippen LogP contribution in [0.2, 0.25) is 0 Å². The van der Waals surface area contributed by atoms with Crippen molar-refractivity contribution in [1.82, 2.24) is 10.2 Å². The van der Waals surface area contributed by atoms with Gasteiger partial charge in [-0.3, -0.25) is 4.79 Å². The molecule has 2 atom stereocenters. The smallest absolute Gasteiger partial charge is 0.251 e. The van der Waals surface area contributed by atoms with Gasteiger partial charge < -0.3 is 10.2 Å². The van der Waals surface area contributed by atoms with Gasteiger partial charge in [-0.25, -0.2) is 4.39 Å². The molecule has 2 rings (SSSR count). The van der Waals surface area contributed by atoms with Crippen LogP contribution >= 0.6 is 0 Å². The lowest BCUT2D eigenvalue weighted by Crippen LogP contribution is -2.46. The molecule has 1 heterocycles. The van der Waals surface area contributed by atoms with E-state index in [0.29, 0.717) is 18.7 Å². The Morgan fingerprint density at radius 3 is 2.75 bits per heavy atom. The fraction of sp³-hybridized carbons (Fsp3) is 0.650. The van der Waals surface area contributed by atoms with E-state index in [1.54, 1.807) is 6.07 Å². The zero-order chi connectivity index (χ0) is 17.7. The molecular weight excluding hydrogens is 303 g/mol. The Labute approximate surface area is 145 Å². The van der Waals surface area contributed by atoms with E-state index in [9.17, 15) is 9.18 Å². The number of hydrogen-bond donors (Lipinski definition) is 1. The van der Waals surface area contributed by atoms with Crippen molar-refractivity contribution in [1.29, 1.82) is 0 Å². The molecule has 134 valence electrons. The van der Waals surface area contributed by atoms with E-state index >= 15 is 0 Å². The zero-order valence-corrected chi connectivity index (χ0v) is 15.4. The largest absolute Gasteiger partial charge is 0.352 e. The minimum Gasteiger partial charge on any atom is -0.352 e. The number of aryl methyl sites for hydroxylation is 1. The van der Waals surface area contributed by atoms with E-state index in [4.69, 9.17) is 0 Å². The van der Waals surface area contributed by atoms with Gasteiger partial charge >= 0.3 is 0 Å². The third-order valence-corrected chi connectivity index (χ3v) is 4.74. The molecule has 24 heavy (non-hydrogen) atoms. The predicted octanol–water partition coefficient (Wildman–Crippen LogP) is 3.82. The number of nitrogens with zero attached hydrogens (tertiary/aromatic N) is 1. The van der Waals surface area contributed by atoms with Gasteiger partial charge in [0, 0.05) is 24.6 Å². The molecule has 0 aliphatic carbocycles. The quantitative estimate of drug-likeness (QED) is 0.888. The van der Waals surface area contributed by atoms with Crippen LogP contribution in [0, 0.1) is 18.3 Å². The molecule has 0 unspecified atom stereocenters. The average molecular weight is 334 g/mol. The Kier molecular flexibility index (Phi) is 6.39. The maximum absolute atomic E-state index is 14.4. The van der Waals surface area contributed by atoms with Crippen molar-refractivity contribution >= 4 is 5.91 Å². The number of carbonyl (C=O) groups is 1. The van der Waals surface area contributed by atoms with Crippen molar-refractivity contribution in [2.45, 2.75) is 46.7 Å². The van der Waals surface area contributed by atoms with Crippen molar-refractivity contribution in [2.75, 3.05) is 26.2 Å². The van der Waals surface area contributed by atoms with Gasteiger partial charge in [0.1, 0.15) is 6.17 Å². The molecule has 0 spiro atoms. The average Bonchev–Trinajstić information content (AvgIpc) is 2.51. The molecule has 1 aliphatic heterocycles. The molecule has 1 fully saturated rings. The minimum atomic E-state index is -0.864. The molecule has 1 aliphatic rings. The van der Waals surface area contributed by atoms with Crippen LogP contribution in [-0.4, -0.2) is 43.2 Å². The Bertz CT molecular complexity index is 553. The van der Waals surface area contributed by atoms with Crippen LogP contribution < -0.4 is 5.32 Å². The number of halogens is 1. The minimum absolute atomic E-state index is 0.0790. The Morgan fingerprint density at radius 2 is 2.12 bits per heavy atom. The number of hydrogen-bond acceptors (Lipinski definition) is 2. The Balaban J connectivity index is 1.77. The lowest BCUT2D eigenvalue weighted by molar-refractivity contribution is 0.0724. The standard InChI is InChI=1S/C20H31FN2O/c1-15-6-5-7-16(12-15)19(24)22-13-17-8-10-23(14-18(17)21)11-9-20(2,3)4/h5-7,12,17-18H,8-11,13-14H2,1-4H3,(H,22,24)/t17-,18-/m0/s1. The third kappa shape index (κ3) is 5.90. The van der Waals surface area contributed by atoms with Crippen LogP contribution in [-0.2, 0) is 0 Å². The highest BCUT2D eigenvalue weighted by Gasteiger charge is 2.29. The fourth-order valence-electron chi connectivity index (χ4n) is 3.05. The molecule has 4 heteroatoms. The van der Waals surface area contributed by atoms with Gasteiger partial charge in [0.25, 0.3) is 5.91 Å². The summed E-state index contributed by atoms with van der Waals surface area (Å²) in [5, 5.41) is 2.90. The van der Waals surface area contributed by atoms with E-state index < -0.39 is 6.17 Å². The molecule has 1 N–H and O–H groups in total. The summed E-state index contributed by atoms with van der Waals surface area (Å²) < 4.78 is 14.4. The predicted molar refractivity (Wildman–Crippen MR) is 97.0 cm³/mol. The lowest BCUT2D eigenvalue weighted by Gasteiger charge is -2.36. The van der Waals surface area contributed by atoms with Gasteiger partial charge in [0.2, 0.25) is 0 Å². The molecule has 1 saturated heterocycles. The highest BCUT2D eigenvalue weighted by atomic mass is 19.1. The molecule has 0 bridgehead atoms. The number of carbonyl (C=O) groups excluding carboxylic acids is 1. The number of piperidine rings is 1. The van der Waals surface area contributed by atoms with E-state index in [0.717, 1.165) is 31.5 Å². The molecule has 3 nitrogen and oxygen atoms in total. The van der Waals surface area contributed by atoms with E-state index in [1.165, 1.54) is 0 Å². The molecule has 0 aromatic heterocycles. The highest BCUT2D eigenvalue weighted by molar-refractivity contribution is 5.94. The highest BCUT2D eigenvalue weighted by Crippen LogP contribution is 2.24. The monoisotopic (exact) mass is 334 g/mol. The van der Waals surface area contributed by atoms with Crippen molar-refractivity contribution in [3.63, 3.8) is 0 Å². The first-order valence-corrected chi connectivity index (χ1v) is 8.96. The zero-order valence-electron chi connectivity index (χ0n) is 15.4. The van der Waals surface area contributed by atoms with Crippen LogP contribution in [0.15, 0.2) is 24.3 Å². The first-order valence-electron chi connectivity index (χ1n) is 8.96. The van der Waals surface area contributed by atoms with Crippen LogP contribution in [0.3, 0.4) is 0 Å². The van der Waals surface area contributed by atoms with Crippen LogP contribution in [0.1, 0.15) is 49.5 Å². The number of amides is 1. The molecule has 1 amide bonds. The number of benzene rings is 1. The van der Waals surface area contributed by atoms with E-state index in [2.05, 4.69) is 31.0 Å². The summed E-state index contributed by atoms with van der Waals surface area (Å²) in [4.78, 5) is 14.4. The lowest BCUT2D eigenvalue weighted by atomic mass is 9.90. The van der Waals surface area contributed by atoms with Gasteiger partial charge in [-0.1, -0.05) is 38.5 Å². The SMILES string of the molecule is Cc1cccc(C(=O)NC[C@@H]2CCN(CCC(C)(C)C)C[C@@H]2F)c1. The maximum Gasteiger partial charge on any atom is 0.251 e. The first kappa shape index (κ1) is 18.9. The van der Waals surface area contributed by atoms with Gasteiger partial charge in [0.05, 0.1) is 0 Å². The van der Waals surface area contributed by atoms with Gasteiger partial charge in [-0.05, 0) is 50.4 Å². The van der Waals surface area contributed by atoms with Crippen LogP contribution in [0.5, 0.6) is 0 Å². The summed E-state index contributed by atoms with van der Waals surface area (Å²) >= 11 is 0. The molecular formula is C20H31FN2O. The van der Waals surface area contributed by atoms with Gasteiger partial charge in [-0.15, -0.1) is 0 Å². The molecule has 1 aromatic carbocycles. The number of alkyl halides is 1. The Hall–Kier alpha value is -1.42. The summed E-state index contributed by atoms with van der Waals surface area (Å²) in [5.41, 5.74) is 1.98. The Morgan fingerprint density at radius 1 is 1.38 bits per heavy atom. The van der Waals surface area contributed by atoms with Crippen molar-refractivity contribution in [3.05, 3.63) is 35.4 Å².